The van der Waals surface area contributed by atoms with Crippen molar-refractivity contribution in [1.82, 2.24) is 9.97 Å². The van der Waals surface area contributed by atoms with Crippen LogP contribution in [-0.4, -0.2) is 15.8 Å². The third-order valence-electron chi connectivity index (χ3n) is 2.93. The Morgan fingerprint density at radius 1 is 0.950 bits per heavy atom. The number of nitrogens with zero attached hydrogens (tertiary/aromatic N) is 2. The van der Waals surface area contributed by atoms with Gasteiger partial charge < -0.3 is 0 Å². The van der Waals surface area contributed by atoms with Crippen LogP contribution >= 0.6 is 0 Å². The molecule has 0 unspecified atom stereocenters. The van der Waals surface area contributed by atoms with E-state index in [-0.39, 0.29) is 5.56 Å². The maximum atomic E-state index is 13.2. The molecule has 3 rings (SSSR count). The first-order valence-corrected chi connectivity index (χ1v) is 5.86. The van der Waals surface area contributed by atoms with E-state index in [1.54, 1.807) is 18.2 Å². The van der Waals surface area contributed by atoms with Crippen molar-refractivity contribution in [1.29, 1.82) is 0 Å². The van der Waals surface area contributed by atoms with Crippen LogP contribution in [0.25, 0.3) is 11.0 Å². The molecule has 0 aliphatic rings. The molecule has 0 N–H and O–H groups in total. The van der Waals surface area contributed by atoms with Gasteiger partial charge in [-0.15, -0.1) is 0 Å². The minimum Gasteiger partial charge on any atom is -0.289 e. The lowest BCUT2D eigenvalue weighted by atomic mass is 10.0. The third-order valence-corrected chi connectivity index (χ3v) is 2.93. The molecule has 0 radical (unpaired) electrons. The Bertz CT molecular complexity index is 813. The molecule has 0 saturated heterocycles. The van der Waals surface area contributed by atoms with E-state index in [0.717, 1.165) is 12.1 Å². The summed E-state index contributed by atoms with van der Waals surface area (Å²) in [5.41, 5.74) is 1.38. The van der Waals surface area contributed by atoms with Gasteiger partial charge in [-0.05, 0) is 30.3 Å². The van der Waals surface area contributed by atoms with Crippen LogP contribution in [0.1, 0.15) is 15.9 Å². The van der Waals surface area contributed by atoms with Gasteiger partial charge in [-0.2, -0.15) is 0 Å². The Hall–Kier alpha value is -2.69. The number of hydrogen-bond acceptors (Lipinski definition) is 3. The van der Waals surface area contributed by atoms with Crippen LogP contribution in [0, 0.1) is 11.6 Å². The van der Waals surface area contributed by atoms with Crippen LogP contribution in [0.4, 0.5) is 8.78 Å². The van der Waals surface area contributed by atoms with Crippen molar-refractivity contribution >= 4 is 16.8 Å². The zero-order valence-electron chi connectivity index (χ0n) is 10.2. The number of para-hydroxylation sites is 1. The van der Waals surface area contributed by atoms with Crippen LogP contribution < -0.4 is 0 Å². The monoisotopic (exact) mass is 270 g/mol. The zero-order valence-corrected chi connectivity index (χ0v) is 10.2. The first-order valence-electron chi connectivity index (χ1n) is 5.86. The summed E-state index contributed by atoms with van der Waals surface area (Å²) in [4.78, 5) is 20.6. The molecule has 0 fully saturated rings. The number of ketones is 1. The van der Waals surface area contributed by atoms with Crippen molar-refractivity contribution in [2.45, 2.75) is 0 Å². The molecular weight excluding hydrogens is 262 g/mol. The van der Waals surface area contributed by atoms with Crippen LogP contribution in [0.3, 0.4) is 0 Å². The zero-order chi connectivity index (χ0) is 14.1. The molecule has 2 aromatic carbocycles. The first kappa shape index (κ1) is 12.3. The summed E-state index contributed by atoms with van der Waals surface area (Å²) in [6.07, 6.45) is 3.00. The molecule has 0 aliphatic carbocycles. The fraction of sp³-hybridized carbons (Fsp3) is 0. The van der Waals surface area contributed by atoms with Gasteiger partial charge in [-0.1, -0.05) is 6.07 Å². The Morgan fingerprint density at radius 3 is 2.55 bits per heavy atom. The van der Waals surface area contributed by atoms with E-state index >= 15 is 0 Å². The molecule has 20 heavy (non-hydrogen) atoms. The summed E-state index contributed by atoms with van der Waals surface area (Å²) in [5, 5.41) is 0. The van der Waals surface area contributed by atoms with Crippen LogP contribution in [0.2, 0.25) is 0 Å². The van der Waals surface area contributed by atoms with Gasteiger partial charge >= 0.3 is 0 Å². The highest BCUT2D eigenvalue weighted by Crippen LogP contribution is 2.19. The lowest BCUT2D eigenvalue weighted by molar-refractivity contribution is 0.103. The molecule has 0 atom stereocenters. The third kappa shape index (κ3) is 2.03. The minimum atomic E-state index is -1.05. The van der Waals surface area contributed by atoms with Gasteiger partial charge in [0, 0.05) is 18.0 Å². The summed E-state index contributed by atoms with van der Waals surface area (Å²) < 4.78 is 26.1. The second-order valence-electron chi connectivity index (χ2n) is 4.19. The average molecular weight is 270 g/mol. The van der Waals surface area contributed by atoms with E-state index in [4.69, 9.17) is 0 Å². The van der Waals surface area contributed by atoms with Gasteiger partial charge in [-0.3, -0.25) is 14.8 Å². The molecule has 0 saturated carbocycles. The van der Waals surface area contributed by atoms with Crippen molar-refractivity contribution < 1.29 is 13.6 Å². The number of benzene rings is 2. The number of fused-ring (bicyclic) bond motifs is 1. The molecular formula is C15H8F2N2O. The average Bonchev–Trinajstić information content (AvgIpc) is 2.49. The van der Waals surface area contributed by atoms with Crippen LogP contribution in [-0.2, 0) is 0 Å². The Balaban J connectivity index is 2.15. The Kier molecular flexibility index (Phi) is 2.95. The highest BCUT2D eigenvalue weighted by atomic mass is 19.2. The van der Waals surface area contributed by atoms with Gasteiger partial charge in [0.15, 0.2) is 17.4 Å². The van der Waals surface area contributed by atoms with Gasteiger partial charge in [0.2, 0.25) is 0 Å². The van der Waals surface area contributed by atoms with Gasteiger partial charge in [0.25, 0.3) is 0 Å². The molecule has 3 nitrogen and oxygen atoms in total. The van der Waals surface area contributed by atoms with E-state index in [9.17, 15) is 13.6 Å². The van der Waals surface area contributed by atoms with E-state index < -0.39 is 17.4 Å². The highest BCUT2D eigenvalue weighted by Gasteiger charge is 2.15. The molecule has 1 aromatic heterocycles. The van der Waals surface area contributed by atoms with Crippen LogP contribution in [0.15, 0.2) is 48.8 Å². The quantitative estimate of drug-likeness (QED) is 0.672. The molecule has 0 amide bonds. The first-order chi connectivity index (χ1) is 9.66. The summed E-state index contributed by atoms with van der Waals surface area (Å²) in [6, 6.07) is 8.04. The SMILES string of the molecule is O=C(c1ccc(F)c(F)c1)c1cccc2nccnc12. The molecule has 0 spiro atoms. The molecule has 0 aliphatic heterocycles. The summed E-state index contributed by atoms with van der Waals surface area (Å²) in [5.74, 6) is -2.46. The fourth-order valence-electron chi connectivity index (χ4n) is 1.97. The second-order valence-corrected chi connectivity index (χ2v) is 4.19. The number of halogens is 2. The molecule has 5 heteroatoms. The Morgan fingerprint density at radius 2 is 1.75 bits per heavy atom. The van der Waals surface area contributed by atoms with E-state index in [1.807, 2.05) is 0 Å². The topological polar surface area (TPSA) is 42.9 Å². The summed E-state index contributed by atoms with van der Waals surface area (Å²) in [7, 11) is 0. The van der Waals surface area contributed by atoms with E-state index in [0.29, 0.717) is 16.6 Å². The molecule has 3 aromatic rings. The summed E-state index contributed by atoms with van der Waals surface area (Å²) in [6.45, 7) is 0. The normalized spacial score (nSPS) is 10.7. The predicted molar refractivity (Wildman–Crippen MR) is 69.3 cm³/mol. The molecule has 0 bridgehead atoms. The highest BCUT2D eigenvalue weighted by molar-refractivity contribution is 6.15. The number of carbonyl (C=O) groups is 1. The van der Waals surface area contributed by atoms with E-state index in [2.05, 4.69) is 9.97 Å². The van der Waals surface area contributed by atoms with Crippen molar-refractivity contribution in [3.63, 3.8) is 0 Å². The Labute approximate surface area is 112 Å². The fourth-order valence-corrected chi connectivity index (χ4v) is 1.97. The molecule has 1 heterocycles. The predicted octanol–water partition coefficient (Wildman–Crippen LogP) is 3.14. The van der Waals surface area contributed by atoms with Gasteiger partial charge in [0.1, 0.15) is 0 Å². The molecule has 98 valence electrons. The van der Waals surface area contributed by atoms with Crippen molar-refractivity contribution in [3.8, 4) is 0 Å². The number of hydrogen-bond donors (Lipinski definition) is 0. The number of carbonyl (C=O) groups excluding carboxylic acids is 1. The minimum absolute atomic E-state index is 0.0713. The smallest absolute Gasteiger partial charge is 0.195 e. The lowest BCUT2D eigenvalue weighted by Gasteiger charge is -2.05. The largest absolute Gasteiger partial charge is 0.289 e. The lowest BCUT2D eigenvalue weighted by Crippen LogP contribution is -2.04. The van der Waals surface area contributed by atoms with Gasteiger partial charge in [0.05, 0.1) is 16.6 Å². The van der Waals surface area contributed by atoms with Gasteiger partial charge in [-0.25, -0.2) is 8.78 Å². The number of aromatic nitrogens is 2. The second kappa shape index (κ2) is 4.77. The summed E-state index contributed by atoms with van der Waals surface area (Å²) >= 11 is 0. The van der Waals surface area contributed by atoms with Crippen molar-refractivity contribution in [3.05, 3.63) is 71.6 Å². The van der Waals surface area contributed by atoms with Crippen molar-refractivity contribution in [2.24, 2.45) is 0 Å². The van der Waals surface area contributed by atoms with Crippen molar-refractivity contribution in [2.75, 3.05) is 0 Å². The standard InChI is InChI=1S/C15H8F2N2O/c16-11-5-4-9(8-12(11)17)15(20)10-2-1-3-13-14(10)19-7-6-18-13/h1-8H. The maximum absolute atomic E-state index is 13.2. The van der Waals surface area contributed by atoms with E-state index in [1.165, 1.54) is 18.5 Å². The number of rotatable bonds is 2. The maximum Gasteiger partial charge on any atom is 0.195 e. The van der Waals surface area contributed by atoms with Crippen LogP contribution in [0.5, 0.6) is 0 Å².